The second kappa shape index (κ2) is 9.76. The predicted octanol–water partition coefficient (Wildman–Crippen LogP) is 10.2. The van der Waals surface area contributed by atoms with E-state index in [-0.39, 0.29) is 0 Å². The Morgan fingerprint density at radius 1 is 0.583 bits per heavy atom. The molecule has 2 aromatic rings. The molecule has 0 radical (unpaired) electrons. The Kier molecular flexibility index (Phi) is 6.76. The van der Waals surface area contributed by atoms with Crippen LogP contribution in [-0.4, -0.2) is 8.07 Å². The van der Waals surface area contributed by atoms with Gasteiger partial charge in [-0.2, -0.15) is 0 Å². The van der Waals surface area contributed by atoms with E-state index in [2.05, 4.69) is 94.5 Å². The largest absolute Gasteiger partial charge is 0.0689 e. The Hall–Kier alpha value is -1.34. The van der Waals surface area contributed by atoms with Gasteiger partial charge in [-0.15, -0.1) is 0 Å². The van der Waals surface area contributed by atoms with Crippen LogP contribution in [0, 0.1) is 41.4 Å². The summed E-state index contributed by atoms with van der Waals surface area (Å²) in [5, 5.41) is 0. The molecule has 36 heavy (non-hydrogen) atoms. The summed E-state index contributed by atoms with van der Waals surface area (Å²) in [6, 6.07) is 23.3. The molecule has 6 rings (SSSR count). The molecule has 0 amide bonds. The number of hydrogen-bond acceptors (Lipinski definition) is 0. The van der Waals surface area contributed by atoms with E-state index in [1.54, 1.807) is 11.1 Å². The van der Waals surface area contributed by atoms with Crippen LogP contribution in [0.15, 0.2) is 60.7 Å². The van der Waals surface area contributed by atoms with Crippen LogP contribution < -0.4 is 0 Å². The normalized spacial score (nSPS) is 42.6. The summed E-state index contributed by atoms with van der Waals surface area (Å²) in [5.74, 6) is 8.08. The Balaban J connectivity index is 1.30. The van der Waals surface area contributed by atoms with Gasteiger partial charge in [0.1, 0.15) is 0 Å². The maximum atomic E-state index is 2.88. The molecule has 0 saturated heterocycles. The first-order chi connectivity index (χ1) is 17.4. The first-order valence-corrected chi connectivity index (χ1v) is 18.6. The molecule has 0 aliphatic heterocycles. The fourth-order valence-electron chi connectivity index (χ4n) is 11.5. The molecule has 0 heterocycles. The number of rotatable bonds is 4. The summed E-state index contributed by atoms with van der Waals surface area (Å²) in [6.45, 7) is 13.8. The third kappa shape index (κ3) is 3.98. The maximum Gasteiger partial charge on any atom is 0.0547 e. The molecule has 11 unspecified atom stereocenters. The number of fused-ring (bicyclic) bond motifs is 2. The van der Waals surface area contributed by atoms with E-state index in [9.17, 15) is 0 Å². The Morgan fingerprint density at radius 2 is 1.14 bits per heavy atom. The van der Waals surface area contributed by atoms with Crippen LogP contribution in [0.2, 0.25) is 24.2 Å². The Bertz CT molecular complexity index is 1010. The van der Waals surface area contributed by atoms with Gasteiger partial charge in [0.05, 0.1) is 8.07 Å². The van der Waals surface area contributed by atoms with Gasteiger partial charge in [0.25, 0.3) is 0 Å². The van der Waals surface area contributed by atoms with Gasteiger partial charge >= 0.3 is 0 Å². The number of hydrogen-bond donors (Lipinski definition) is 0. The lowest BCUT2D eigenvalue weighted by atomic mass is 9.68. The maximum absolute atomic E-state index is 2.88. The molecular formula is C35H50Si. The van der Waals surface area contributed by atoms with Crippen molar-refractivity contribution in [1.82, 2.24) is 0 Å². The third-order valence-corrected chi connectivity index (χ3v) is 17.9. The van der Waals surface area contributed by atoms with Crippen molar-refractivity contribution in [3.8, 4) is 0 Å². The molecule has 0 N–H and O–H groups in total. The minimum atomic E-state index is -1.48. The molecule has 0 spiro atoms. The van der Waals surface area contributed by atoms with Crippen molar-refractivity contribution in [3.63, 3.8) is 0 Å². The molecule has 4 aliphatic rings. The van der Waals surface area contributed by atoms with Gasteiger partial charge < -0.3 is 0 Å². The van der Waals surface area contributed by atoms with Crippen LogP contribution in [0.5, 0.6) is 0 Å². The van der Waals surface area contributed by atoms with Gasteiger partial charge in [0.2, 0.25) is 0 Å². The van der Waals surface area contributed by atoms with Crippen molar-refractivity contribution in [3.05, 3.63) is 71.8 Å². The highest BCUT2D eigenvalue weighted by atomic mass is 28.3. The minimum Gasteiger partial charge on any atom is -0.0689 e. The van der Waals surface area contributed by atoms with Crippen LogP contribution in [0.25, 0.3) is 0 Å². The van der Waals surface area contributed by atoms with Gasteiger partial charge in [-0.3, -0.25) is 0 Å². The molecule has 0 bridgehead atoms. The smallest absolute Gasteiger partial charge is 0.0547 e. The fraction of sp³-hybridized carbons (Fsp3) is 0.657. The van der Waals surface area contributed by atoms with Gasteiger partial charge in [-0.25, -0.2) is 0 Å². The van der Waals surface area contributed by atoms with Crippen molar-refractivity contribution < 1.29 is 0 Å². The highest BCUT2D eigenvalue weighted by molar-refractivity contribution is 6.80. The quantitative estimate of drug-likeness (QED) is 0.368. The standard InChI is InChI=1S/C35H50Si/c1-23-22-32-28(26-14-8-6-9-15-26)18-12-20-30(32)34(23)36(4,5)35-25(3)24(2)33-29(19-13-21-31(33)35)27-16-10-7-11-17-27/h6-11,14-17,23-25,28-35H,12-13,18-22H2,1-5H3. The monoisotopic (exact) mass is 498 g/mol. The fourth-order valence-corrected chi connectivity index (χ4v) is 18.2. The van der Waals surface area contributed by atoms with E-state index in [0.29, 0.717) is 0 Å². The minimum absolute atomic E-state index is 0.795. The molecule has 194 valence electrons. The molecule has 11 atom stereocenters. The van der Waals surface area contributed by atoms with E-state index in [1.807, 2.05) is 0 Å². The highest BCUT2D eigenvalue weighted by Crippen LogP contribution is 2.68. The summed E-state index contributed by atoms with van der Waals surface area (Å²) in [5.41, 5.74) is 5.30. The zero-order chi connectivity index (χ0) is 25.0. The van der Waals surface area contributed by atoms with Crippen molar-refractivity contribution >= 4 is 8.07 Å². The lowest BCUT2D eigenvalue weighted by molar-refractivity contribution is 0.194. The first kappa shape index (κ1) is 25.0. The summed E-state index contributed by atoms with van der Waals surface area (Å²) < 4.78 is 0. The lowest BCUT2D eigenvalue weighted by Crippen LogP contribution is -2.47. The van der Waals surface area contributed by atoms with Crippen molar-refractivity contribution in [2.24, 2.45) is 41.4 Å². The summed E-state index contributed by atoms with van der Waals surface area (Å²) in [6.07, 6.45) is 10.2. The average Bonchev–Trinajstić information content (AvgIpc) is 3.38. The molecule has 4 fully saturated rings. The van der Waals surface area contributed by atoms with Crippen LogP contribution in [0.4, 0.5) is 0 Å². The second-order valence-corrected chi connectivity index (χ2v) is 19.2. The van der Waals surface area contributed by atoms with Gasteiger partial charge in [0, 0.05) is 0 Å². The van der Waals surface area contributed by atoms with E-state index in [1.165, 1.54) is 44.9 Å². The number of benzene rings is 2. The van der Waals surface area contributed by atoms with Crippen molar-refractivity contribution in [2.75, 3.05) is 0 Å². The van der Waals surface area contributed by atoms with E-state index in [0.717, 1.165) is 64.3 Å². The topological polar surface area (TPSA) is 0 Å². The van der Waals surface area contributed by atoms with Crippen LogP contribution in [-0.2, 0) is 0 Å². The summed E-state index contributed by atoms with van der Waals surface area (Å²) in [4.78, 5) is 0. The summed E-state index contributed by atoms with van der Waals surface area (Å²) >= 11 is 0. The molecular weight excluding hydrogens is 448 g/mol. The first-order valence-electron chi connectivity index (χ1n) is 15.5. The average molecular weight is 499 g/mol. The Labute approximate surface area is 222 Å². The summed E-state index contributed by atoms with van der Waals surface area (Å²) in [7, 11) is -1.48. The van der Waals surface area contributed by atoms with Gasteiger partial charge in [-0.1, -0.05) is 120 Å². The SMILES string of the molecule is CC1CC2C(c3ccccc3)CCCC2C1[Si](C)(C)C1C(C)C(C)C2C(c3ccccc3)CCCC21. The van der Waals surface area contributed by atoms with Gasteiger partial charge in [-0.05, 0) is 94.7 Å². The zero-order valence-electron chi connectivity index (χ0n) is 23.6. The van der Waals surface area contributed by atoms with E-state index in [4.69, 9.17) is 0 Å². The molecule has 0 nitrogen and oxygen atoms in total. The van der Waals surface area contributed by atoms with Crippen molar-refractivity contribution in [2.45, 2.75) is 102 Å². The lowest BCUT2D eigenvalue weighted by Gasteiger charge is -2.49. The molecule has 4 saturated carbocycles. The van der Waals surface area contributed by atoms with Crippen LogP contribution in [0.1, 0.15) is 88.7 Å². The van der Waals surface area contributed by atoms with E-state index < -0.39 is 8.07 Å². The molecule has 0 aromatic heterocycles. The highest BCUT2D eigenvalue weighted by Gasteiger charge is 2.61. The molecule has 2 aromatic carbocycles. The predicted molar refractivity (Wildman–Crippen MR) is 157 cm³/mol. The van der Waals surface area contributed by atoms with Crippen molar-refractivity contribution in [1.29, 1.82) is 0 Å². The van der Waals surface area contributed by atoms with Gasteiger partial charge in [0.15, 0.2) is 0 Å². The second-order valence-electron chi connectivity index (χ2n) is 14.3. The molecule has 1 heteroatoms. The van der Waals surface area contributed by atoms with E-state index >= 15 is 0 Å². The Morgan fingerprint density at radius 3 is 1.78 bits per heavy atom. The zero-order valence-corrected chi connectivity index (χ0v) is 24.6. The molecule has 4 aliphatic carbocycles. The third-order valence-electron chi connectivity index (χ3n) is 12.5. The van der Waals surface area contributed by atoms with Crippen LogP contribution >= 0.6 is 0 Å². The van der Waals surface area contributed by atoms with Crippen LogP contribution in [0.3, 0.4) is 0 Å².